The SMILES string of the molecule is NCCN(CCCc1ccccc1)Cc1ccc2c(c1)OCO2. The minimum Gasteiger partial charge on any atom is -0.454 e. The summed E-state index contributed by atoms with van der Waals surface area (Å²) in [4.78, 5) is 2.40. The first kappa shape index (κ1) is 15.8. The Morgan fingerprint density at radius 2 is 1.74 bits per heavy atom. The summed E-state index contributed by atoms with van der Waals surface area (Å²) >= 11 is 0. The Hall–Kier alpha value is -2.04. The average molecular weight is 312 g/mol. The molecular formula is C19H24N2O2. The van der Waals surface area contributed by atoms with Crippen molar-refractivity contribution in [3.63, 3.8) is 0 Å². The molecule has 0 radical (unpaired) electrons. The zero-order chi connectivity index (χ0) is 15.9. The fraction of sp³-hybridized carbons (Fsp3) is 0.368. The molecule has 2 aromatic carbocycles. The Labute approximate surface area is 137 Å². The van der Waals surface area contributed by atoms with E-state index >= 15 is 0 Å². The van der Waals surface area contributed by atoms with Gasteiger partial charge in [-0.1, -0.05) is 36.4 Å². The Balaban J connectivity index is 1.54. The molecule has 0 spiro atoms. The van der Waals surface area contributed by atoms with Crippen molar-refractivity contribution < 1.29 is 9.47 Å². The predicted octanol–water partition coefficient (Wildman–Crippen LogP) is 2.81. The van der Waals surface area contributed by atoms with Crippen molar-refractivity contribution >= 4 is 0 Å². The molecule has 122 valence electrons. The molecule has 4 nitrogen and oxygen atoms in total. The third-order valence-electron chi connectivity index (χ3n) is 4.07. The van der Waals surface area contributed by atoms with Crippen LogP contribution in [0.15, 0.2) is 48.5 Å². The van der Waals surface area contributed by atoms with Gasteiger partial charge >= 0.3 is 0 Å². The average Bonchev–Trinajstić information content (AvgIpc) is 3.04. The van der Waals surface area contributed by atoms with Gasteiger partial charge in [0, 0.05) is 19.6 Å². The molecule has 0 fully saturated rings. The topological polar surface area (TPSA) is 47.7 Å². The van der Waals surface area contributed by atoms with E-state index in [0.29, 0.717) is 13.3 Å². The molecule has 2 N–H and O–H groups in total. The van der Waals surface area contributed by atoms with Crippen LogP contribution in [-0.4, -0.2) is 31.3 Å². The number of aryl methyl sites for hydroxylation is 1. The lowest BCUT2D eigenvalue weighted by Gasteiger charge is -2.21. The predicted molar refractivity (Wildman–Crippen MR) is 91.7 cm³/mol. The quantitative estimate of drug-likeness (QED) is 0.814. The first-order valence-electron chi connectivity index (χ1n) is 8.20. The van der Waals surface area contributed by atoms with Crippen LogP contribution in [0, 0.1) is 0 Å². The number of nitrogens with two attached hydrogens (primary N) is 1. The second-order valence-electron chi connectivity index (χ2n) is 5.84. The van der Waals surface area contributed by atoms with Gasteiger partial charge in [-0.15, -0.1) is 0 Å². The monoisotopic (exact) mass is 312 g/mol. The van der Waals surface area contributed by atoms with Crippen LogP contribution in [0.5, 0.6) is 11.5 Å². The highest BCUT2D eigenvalue weighted by atomic mass is 16.7. The minimum absolute atomic E-state index is 0.322. The molecular weight excluding hydrogens is 288 g/mol. The molecule has 0 aliphatic carbocycles. The van der Waals surface area contributed by atoms with Crippen molar-refractivity contribution in [1.29, 1.82) is 0 Å². The molecule has 0 amide bonds. The number of fused-ring (bicyclic) bond motifs is 1. The van der Waals surface area contributed by atoms with Gasteiger partial charge in [0.25, 0.3) is 0 Å². The molecule has 23 heavy (non-hydrogen) atoms. The zero-order valence-corrected chi connectivity index (χ0v) is 13.4. The van der Waals surface area contributed by atoms with Crippen molar-refractivity contribution in [3.05, 3.63) is 59.7 Å². The summed E-state index contributed by atoms with van der Waals surface area (Å²) in [5, 5.41) is 0. The van der Waals surface area contributed by atoms with Crippen molar-refractivity contribution in [3.8, 4) is 11.5 Å². The van der Waals surface area contributed by atoms with Crippen LogP contribution in [0.25, 0.3) is 0 Å². The van der Waals surface area contributed by atoms with E-state index in [0.717, 1.165) is 44.0 Å². The molecule has 0 saturated carbocycles. The van der Waals surface area contributed by atoms with Crippen LogP contribution in [-0.2, 0) is 13.0 Å². The van der Waals surface area contributed by atoms with Gasteiger partial charge in [-0.3, -0.25) is 4.90 Å². The molecule has 1 heterocycles. The summed E-state index contributed by atoms with van der Waals surface area (Å²) in [6.07, 6.45) is 2.23. The van der Waals surface area contributed by atoms with E-state index in [-0.39, 0.29) is 0 Å². The maximum atomic E-state index is 5.77. The van der Waals surface area contributed by atoms with Gasteiger partial charge in [-0.2, -0.15) is 0 Å². The second-order valence-corrected chi connectivity index (χ2v) is 5.84. The second kappa shape index (κ2) is 7.99. The third-order valence-corrected chi connectivity index (χ3v) is 4.07. The van der Waals surface area contributed by atoms with Gasteiger partial charge in [0.05, 0.1) is 0 Å². The van der Waals surface area contributed by atoms with Crippen LogP contribution in [0.3, 0.4) is 0 Å². The Morgan fingerprint density at radius 3 is 2.57 bits per heavy atom. The smallest absolute Gasteiger partial charge is 0.231 e. The van der Waals surface area contributed by atoms with Crippen LogP contribution in [0.4, 0.5) is 0 Å². The Morgan fingerprint density at radius 1 is 0.913 bits per heavy atom. The molecule has 1 aliphatic rings. The molecule has 0 atom stereocenters. The highest BCUT2D eigenvalue weighted by Crippen LogP contribution is 2.32. The molecule has 0 bridgehead atoms. The lowest BCUT2D eigenvalue weighted by Crippen LogP contribution is -2.30. The minimum atomic E-state index is 0.322. The fourth-order valence-electron chi connectivity index (χ4n) is 2.90. The number of benzene rings is 2. The summed E-state index contributed by atoms with van der Waals surface area (Å²) in [5.74, 6) is 1.68. The third kappa shape index (κ3) is 4.47. The van der Waals surface area contributed by atoms with Crippen LogP contribution in [0.1, 0.15) is 17.5 Å². The number of hydrogen-bond donors (Lipinski definition) is 1. The number of hydrogen-bond acceptors (Lipinski definition) is 4. The summed E-state index contributed by atoms with van der Waals surface area (Å²) in [7, 11) is 0. The van der Waals surface area contributed by atoms with Crippen molar-refractivity contribution in [2.45, 2.75) is 19.4 Å². The highest BCUT2D eigenvalue weighted by molar-refractivity contribution is 5.44. The Kier molecular flexibility index (Phi) is 5.51. The van der Waals surface area contributed by atoms with E-state index in [4.69, 9.17) is 15.2 Å². The van der Waals surface area contributed by atoms with Crippen molar-refractivity contribution in [2.24, 2.45) is 5.73 Å². The van der Waals surface area contributed by atoms with E-state index in [2.05, 4.69) is 47.4 Å². The molecule has 0 unspecified atom stereocenters. The van der Waals surface area contributed by atoms with Crippen LogP contribution in [0.2, 0.25) is 0 Å². The lowest BCUT2D eigenvalue weighted by atomic mass is 10.1. The van der Waals surface area contributed by atoms with Crippen LogP contribution < -0.4 is 15.2 Å². The highest BCUT2D eigenvalue weighted by Gasteiger charge is 2.14. The molecule has 4 heteroatoms. The van der Waals surface area contributed by atoms with E-state index in [9.17, 15) is 0 Å². The lowest BCUT2D eigenvalue weighted by molar-refractivity contribution is 0.174. The van der Waals surface area contributed by atoms with Gasteiger partial charge in [0.1, 0.15) is 0 Å². The number of ether oxygens (including phenoxy) is 2. The first-order chi connectivity index (χ1) is 11.3. The molecule has 0 saturated heterocycles. The van der Waals surface area contributed by atoms with Crippen molar-refractivity contribution in [2.75, 3.05) is 26.4 Å². The summed E-state index contributed by atoms with van der Waals surface area (Å²) in [5.41, 5.74) is 8.40. The maximum absolute atomic E-state index is 5.77. The van der Waals surface area contributed by atoms with E-state index in [1.54, 1.807) is 0 Å². The van der Waals surface area contributed by atoms with Crippen LogP contribution >= 0.6 is 0 Å². The molecule has 3 rings (SSSR count). The van der Waals surface area contributed by atoms with Gasteiger partial charge in [0.2, 0.25) is 6.79 Å². The van der Waals surface area contributed by atoms with E-state index in [1.807, 2.05) is 6.07 Å². The number of rotatable bonds is 8. The molecule has 0 aromatic heterocycles. The number of nitrogens with zero attached hydrogens (tertiary/aromatic N) is 1. The molecule has 1 aliphatic heterocycles. The van der Waals surface area contributed by atoms with Gasteiger partial charge in [-0.05, 0) is 42.6 Å². The Bertz CT molecular complexity index is 616. The van der Waals surface area contributed by atoms with E-state index in [1.165, 1.54) is 11.1 Å². The van der Waals surface area contributed by atoms with Gasteiger partial charge in [-0.25, -0.2) is 0 Å². The van der Waals surface area contributed by atoms with Crippen molar-refractivity contribution in [1.82, 2.24) is 4.90 Å². The fourth-order valence-corrected chi connectivity index (χ4v) is 2.90. The van der Waals surface area contributed by atoms with Gasteiger partial charge < -0.3 is 15.2 Å². The largest absolute Gasteiger partial charge is 0.454 e. The zero-order valence-electron chi connectivity index (χ0n) is 13.4. The van der Waals surface area contributed by atoms with E-state index < -0.39 is 0 Å². The summed E-state index contributed by atoms with van der Waals surface area (Å²) in [6.45, 7) is 3.84. The summed E-state index contributed by atoms with van der Waals surface area (Å²) in [6, 6.07) is 16.8. The first-order valence-corrected chi connectivity index (χ1v) is 8.20. The molecule has 2 aromatic rings. The standard InChI is InChI=1S/C19H24N2O2/c20-10-12-21(11-4-7-16-5-2-1-3-6-16)14-17-8-9-18-19(13-17)23-15-22-18/h1-3,5-6,8-9,13H,4,7,10-12,14-15,20H2. The maximum Gasteiger partial charge on any atom is 0.231 e. The summed E-state index contributed by atoms with van der Waals surface area (Å²) < 4.78 is 10.8. The normalized spacial score (nSPS) is 12.8. The van der Waals surface area contributed by atoms with Gasteiger partial charge in [0.15, 0.2) is 11.5 Å².